The van der Waals surface area contributed by atoms with Crippen molar-refractivity contribution in [3.63, 3.8) is 0 Å². The molecule has 0 unspecified atom stereocenters. The van der Waals surface area contributed by atoms with E-state index in [4.69, 9.17) is 23.2 Å². The van der Waals surface area contributed by atoms with Crippen molar-refractivity contribution >= 4 is 50.7 Å². The van der Waals surface area contributed by atoms with Crippen LogP contribution in [0.2, 0.25) is 10.0 Å². The molecule has 0 saturated heterocycles. The summed E-state index contributed by atoms with van der Waals surface area (Å²) in [6, 6.07) is 18.7. The predicted octanol–water partition coefficient (Wildman–Crippen LogP) is 5.83. The number of sulfonamides is 1. The number of carbonyl (C=O) groups excluding carboxylic acids is 2. The van der Waals surface area contributed by atoms with E-state index in [0.717, 1.165) is 16.3 Å². The van der Waals surface area contributed by atoms with E-state index in [9.17, 15) is 18.0 Å². The number of nitrogens with zero attached hydrogens (tertiary/aromatic N) is 2. The fourth-order valence-electron chi connectivity index (χ4n) is 3.93. The van der Waals surface area contributed by atoms with E-state index in [1.807, 2.05) is 26.8 Å². The first-order chi connectivity index (χ1) is 18.4. The average molecular weight is 591 g/mol. The van der Waals surface area contributed by atoms with Gasteiger partial charge in [-0.05, 0) is 86.8 Å². The molecule has 39 heavy (non-hydrogen) atoms. The van der Waals surface area contributed by atoms with Crippen LogP contribution < -0.4 is 9.62 Å². The van der Waals surface area contributed by atoms with Crippen molar-refractivity contribution in [3.05, 3.63) is 94.0 Å². The van der Waals surface area contributed by atoms with Crippen LogP contribution in [0.1, 0.15) is 38.3 Å². The number of amides is 2. The predicted molar refractivity (Wildman–Crippen MR) is 157 cm³/mol. The van der Waals surface area contributed by atoms with Crippen LogP contribution >= 0.6 is 23.2 Å². The molecule has 0 aliphatic heterocycles. The number of halogens is 2. The zero-order chi connectivity index (χ0) is 28.7. The van der Waals surface area contributed by atoms with Crippen molar-refractivity contribution in [1.29, 1.82) is 0 Å². The van der Waals surface area contributed by atoms with Gasteiger partial charge in [0.15, 0.2) is 0 Å². The lowest BCUT2D eigenvalue weighted by Crippen LogP contribution is -2.52. The van der Waals surface area contributed by atoms with Gasteiger partial charge in [0.2, 0.25) is 11.8 Å². The molecule has 0 radical (unpaired) electrons. The van der Waals surface area contributed by atoms with Crippen LogP contribution in [0.25, 0.3) is 0 Å². The van der Waals surface area contributed by atoms with Gasteiger partial charge in [0.1, 0.15) is 12.6 Å². The molecule has 1 N–H and O–H groups in total. The highest BCUT2D eigenvalue weighted by molar-refractivity contribution is 7.92. The molecular formula is C29H33Cl2N3O4S. The molecule has 7 nitrogen and oxygen atoms in total. The summed E-state index contributed by atoms with van der Waals surface area (Å²) in [4.78, 5) is 28.4. The Bertz CT molecular complexity index is 1410. The molecule has 0 heterocycles. The molecule has 0 fully saturated rings. The number of benzene rings is 3. The summed E-state index contributed by atoms with van der Waals surface area (Å²) in [5, 5.41) is 3.79. The highest BCUT2D eigenvalue weighted by atomic mass is 35.5. The van der Waals surface area contributed by atoms with Crippen LogP contribution in [-0.2, 0) is 26.2 Å². The fourth-order valence-corrected chi connectivity index (χ4v) is 5.67. The summed E-state index contributed by atoms with van der Waals surface area (Å²) in [6.07, 6.45) is 0.723. The number of hydrogen-bond acceptors (Lipinski definition) is 4. The Hall–Kier alpha value is -3.07. The molecule has 10 heteroatoms. The van der Waals surface area contributed by atoms with Crippen LogP contribution in [0.5, 0.6) is 0 Å². The van der Waals surface area contributed by atoms with Gasteiger partial charge in [-0.2, -0.15) is 0 Å². The van der Waals surface area contributed by atoms with E-state index in [0.29, 0.717) is 21.3 Å². The molecule has 0 bridgehead atoms. The third-order valence-corrected chi connectivity index (χ3v) is 8.66. The summed E-state index contributed by atoms with van der Waals surface area (Å²) in [6.45, 7) is 6.85. The van der Waals surface area contributed by atoms with Crippen LogP contribution in [0.3, 0.4) is 0 Å². The second kappa shape index (κ2) is 13.3. The Morgan fingerprint density at radius 2 is 1.59 bits per heavy atom. The first-order valence-electron chi connectivity index (χ1n) is 12.6. The minimum atomic E-state index is -4.16. The second-order valence-corrected chi connectivity index (χ2v) is 12.2. The van der Waals surface area contributed by atoms with Gasteiger partial charge in [0.05, 0.1) is 10.6 Å². The Balaban J connectivity index is 2.03. The van der Waals surface area contributed by atoms with E-state index < -0.39 is 28.5 Å². The second-order valence-electron chi connectivity index (χ2n) is 9.45. The lowest BCUT2D eigenvalue weighted by atomic mass is 10.1. The summed E-state index contributed by atoms with van der Waals surface area (Å²) >= 11 is 12.2. The lowest BCUT2D eigenvalue weighted by molar-refractivity contribution is -0.139. The molecule has 3 aromatic rings. The van der Waals surface area contributed by atoms with Gasteiger partial charge >= 0.3 is 0 Å². The van der Waals surface area contributed by atoms with E-state index in [2.05, 4.69) is 5.32 Å². The topological polar surface area (TPSA) is 86.8 Å². The monoisotopic (exact) mass is 589 g/mol. The van der Waals surface area contributed by atoms with Gasteiger partial charge in [0.25, 0.3) is 10.0 Å². The summed E-state index contributed by atoms with van der Waals surface area (Å²) in [7, 11) is -4.16. The maximum absolute atomic E-state index is 13.9. The minimum absolute atomic E-state index is 0.00911. The molecular weight excluding hydrogens is 557 g/mol. The lowest BCUT2D eigenvalue weighted by Gasteiger charge is -2.32. The Morgan fingerprint density at radius 1 is 0.923 bits per heavy atom. The number of rotatable bonds is 11. The number of aryl methyl sites for hydroxylation is 1. The van der Waals surface area contributed by atoms with E-state index in [-0.39, 0.29) is 23.4 Å². The largest absolute Gasteiger partial charge is 0.352 e. The Morgan fingerprint density at radius 3 is 2.21 bits per heavy atom. The number of anilines is 1. The number of nitrogens with one attached hydrogen (secondary N) is 1. The zero-order valence-corrected chi connectivity index (χ0v) is 24.7. The van der Waals surface area contributed by atoms with Crippen LogP contribution in [0.4, 0.5) is 5.69 Å². The van der Waals surface area contributed by atoms with Gasteiger partial charge in [-0.3, -0.25) is 13.9 Å². The highest BCUT2D eigenvalue weighted by Gasteiger charge is 2.32. The average Bonchev–Trinajstić information content (AvgIpc) is 2.89. The van der Waals surface area contributed by atoms with Gasteiger partial charge in [-0.1, -0.05) is 54.4 Å². The first-order valence-corrected chi connectivity index (χ1v) is 14.8. The van der Waals surface area contributed by atoms with Crippen molar-refractivity contribution in [3.8, 4) is 0 Å². The Labute approximate surface area is 240 Å². The normalized spacial score (nSPS) is 12.9. The van der Waals surface area contributed by atoms with Crippen molar-refractivity contribution in [2.45, 2.75) is 57.6 Å². The van der Waals surface area contributed by atoms with Gasteiger partial charge in [-0.25, -0.2) is 8.42 Å². The van der Waals surface area contributed by atoms with E-state index in [1.54, 1.807) is 49.4 Å². The quantitative estimate of drug-likeness (QED) is 0.305. The van der Waals surface area contributed by atoms with Crippen molar-refractivity contribution in [2.75, 3.05) is 10.8 Å². The first kappa shape index (κ1) is 30.5. The highest BCUT2D eigenvalue weighted by Crippen LogP contribution is 2.26. The molecule has 3 aromatic carbocycles. The molecule has 0 spiro atoms. The summed E-state index contributed by atoms with van der Waals surface area (Å²) in [5.41, 5.74) is 1.87. The molecule has 208 valence electrons. The van der Waals surface area contributed by atoms with E-state index >= 15 is 0 Å². The van der Waals surface area contributed by atoms with E-state index in [1.165, 1.54) is 29.2 Å². The molecule has 0 saturated carbocycles. The van der Waals surface area contributed by atoms with Gasteiger partial charge < -0.3 is 10.2 Å². The van der Waals surface area contributed by atoms with Crippen molar-refractivity contribution in [2.24, 2.45) is 0 Å². The molecule has 2 atom stereocenters. The van der Waals surface area contributed by atoms with Crippen LogP contribution in [0, 0.1) is 6.92 Å². The number of carbonyl (C=O) groups is 2. The van der Waals surface area contributed by atoms with Crippen LogP contribution in [0.15, 0.2) is 77.7 Å². The van der Waals surface area contributed by atoms with Crippen molar-refractivity contribution in [1.82, 2.24) is 10.2 Å². The fraction of sp³-hybridized carbons (Fsp3) is 0.310. The molecule has 0 aliphatic carbocycles. The third kappa shape index (κ3) is 7.97. The standard InChI is InChI=1S/C29H33Cl2N3O4S/c1-5-21(3)32-29(36)22(4)33(18-23-9-7-10-25(31)17-23)28(35)19-34(26-11-6-8-20(2)16-26)39(37,38)27-14-12-24(30)13-15-27/h6-17,21-22H,5,18-19H2,1-4H3,(H,32,36)/t21-,22+/m0/s1. The molecule has 2 amide bonds. The maximum atomic E-state index is 13.9. The third-order valence-electron chi connectivity index (χ3n) is 6.38. The van der Waals surface area contributed by atoms with Crippen molar-refractivity contribution < 1.29 is 18.0 Å². The Kier molecular flexibility index (Phi) is 10.4. The molecule has 0 aromatic heterocycles. The molecule has 0 aliphatic rings. The maximum Gasteiger partial charge on any atom is 0.264 e. The molecule has 3 rings (SSSR count). The SMILES string of the molecule is CC[C@H](C)NC(=O)[C@@H](C)N(Cc1cccc(Cl)c1)C(=O)CN(c1cccc(C)c1)S(=O)(=O)c1ccc(Cl)cc1. The van der Waals surface area contributed by atoms with Gasteiger partial charge in [-0.15, -0.1) is 0 Å². The minimum Gasteiger partial charge on any atom is -0.352 e. The van der Waals surface area contributed by atoms with Crippen LogP contribution in [-0.4, -0.2) is 43.8 Å². The zero-order valence-electron chi connectivity index (χ0n) is 22.4. The summed E-state index contributed by atoms with van der Waals surface area (Å²) in [5.74, 6) is -0.872. The number of hydrogen-bond donors (Lipinski definition) is 1. The van der Waals surface area contributed by atoms with Gasteiger partial charge in [0, 0.05) is 22.6 Å². The summed E-state index contributed by atoms with van der Waals surface area (Å²) < 4.78 is 28.7. The smallest absolute Gasteiger partial charge is 0.264 e.